The number of benzene rings is 1. The summed E-state index contributed by atoms with van der Waals surface area (Å²) < 4.78 is 6.11. The fourth-order valence-corrected chi connectivity index (χ4v) is 4.16. The van der Waals surface area contributed by atoms with Crippen molar-refractivity contribution in [3.05, 3.63) is 35.9 Å². The molecule has 2 fully saturated rings. The lowest BCUT2D eigenvalue weighted by atomic mass is 9.90. The first kappa shape index (κ1) is 19.9. The third kappa shape index (κ3) is 5.32. The Bertz CT molecular complexity index is 624. The van der Waals surface area contributed by atoms with Crippen LogP contribution in [0.3, 0.4) is 0 Å². The Morgan fingerprint density at radius 3 is 2.59 bits per heavy atom. The molecule has 3 rings (SSSR count). The van der Waals surface area contributed by atoms with E-state index in [0.29, 0.717) is 26.0 Å². The van der Waals surface area contributed by atoms with Crippen LogP contribution in [0.5, 0.6) is 0 Å². The van der Waals surface area contributed by atoms with Gasteiger partial charge in [0.05, 0.1) is 18.6 Å². The number of amides is 2. The molecule has 0 aliphatic carbocycles. The van der Waals surface area contributed by atoms with Crippen molar-refractivity contribution in [2.45, 2.75) is 57.5 Å². The van der Waals surface area contributed by atoms with Gasteiger partial charge in [0.2, 0.25) is 11.8 Å². The Morgan fingerprint density at radius 2 is 1.89 bits per heavy atom. The molecule has 27 heavy (non-hydrogen) atoms. The Morgan fingerprint density at radius 1 is 1.15 bits per heavy atom. The van der Waals surface area contributed by atoms with Crippen LogP contribution in [0.1, 0.15) is 51.0 Å². The molecule has 0 saturated carbocycles. The van der Waals surface area contributed by atoms with Crippen LogP contribution in [-0.2, 0) is 20.7 Å². The summed E-state index contributed by atoms with van der Waals surface area (Å²) in [6, 6.07) is 10.4. The SMILES string of the molecule is CCN1CC2(CCN(C(=O)CCCCc3ccccc3)CC2)OCCC1=O. The molecule has 2 heterocycles. The first-order valence-electron chi connectivity index (χ1n) is 10.4. The molecule has 2 saturated heterocycles. The van der Waals surface area contributed by atoms with Crippen molar-refractivity contribution in [1.29, 1.82) is 0 Å². The lowest BCUT2D eigenvalue weighted by Crippen LogP contribution is -2.53. The largest absolute Gasteiger partial charge is 0.372 e. The summed E-state index contributed by atoms with van der Waals surface area (Å²) in [6.07, 6.45) is 5.76. The number of nitrogens with zero attached hydrogens (tertiary/aromatic N) is 2. The van der Waals surface area contributed by atoms with Crippen LogP contribution in [0.25, 0.3) is 0 Å². The number of hydrogen-bond acceptors (Lipinski definition) is 3. The van der Waals surface area contributed by atoms with Crippen LogP contribution in [0.15, 0.2) is 30.3 Å². The normalized spacial score (nSPS) is 20.0. The van der Waals surface area contributed by atoms with Crippen molar-refractivity contribution >= 4 is 11.8 Å². The van der Waals surface area contributed by atoms with Crippen LogP contribution in [0.4, 0.5) is 0 Å². The highest BCUT2D eigenvalue weighted by atomic mass is 16.5. The third-order valence-electron chi connectivity index (χ3n) is 5.91. The van der Waals surface area contributed by atoms with Crippen LogP contribution >= 0.6 is 0 Å². The smallest absolute Gasteiger partial charge is 0.224 e. The fraction of sp³-hybridized carbons (Fsp3) is 0.636. The summed E-state index contributed by atoms with van der Waals surface area (Å²) in [5, 5.41) is 0. The molecule has 2 aliphatic rings. The van der Waals surface area contributed by atoms with E-state index in [1.807, 2.05) is 22.8 Å². The molecule has 0 aromatic heterocycles. The van der Waals surface area contributed by atoms with Gasteiger partial charge in [-0.1, -0.05) is 30.3 Å². The van der Waals surface area contributed by atoms with Crippen LogP contribution in [-0.4, -0.2) is 60.0 Å². The number of hydrogen-bond donors (Lipinski definition) is 0. The van der Waals surface area contributed by atoms with Gasteiger partial charge in [0, 0.05) is 32.6 Å². The molecule has 0 radical (unpaired) electrons. The van der Waals surface area contributed by atoms with Gasteiger partial charge in [-0.25, -0.2) is 0 Å². The van der Waals surface area contributed by atoms with E-state index < -0.39 is 0 Å². The van der Waals surface area contributed by atoms with Gasteiger partial charge in [-0.05, 0) is 44.6 Å². The number of ether oxygens (including phenoxy) is 1. The number of carbonyl (C=O) groups excluding carboxylic acids is 2. The van der Waals surface area contributed by atoms with E-state index in [9.17, 15) is 9.59 Å². The van der Waals surface area contributed by atoms with Crippen molar-refractivity contribution in [2.24, 2.45) is 0 Å². The summed E-state index contributed by atoms with van der Waals surface area (Å²) in [5.74, 6) is 0.446. The molecule has 1 aromatic carbocycles. The van der Waals surface area contributed by atoms with Gasteiger partial charge >= 0.3 is 0 Å². The van der Waals surface area contributed by atoms with E-state index in [1.54, 1.807) is 0 Å². The summed E-state index contributed by atoms with van der Waals surface area (Å²) in [7, 11) is 0. The monoisotopic (exact) mass is 372 g/mol. The van der Waals surface area contributed by atoms with E-state index in [1.165, 1.54) is 5.56 Å². The fourth-order valence-electron chi connectivity index (χ4n) is 4.16. The third-order valence-corrected chi connectivity index (χ3v) is 5.91. The van der Waals surface area contributed by atoms with Gasteiger partial charge in [0.25, 0.3) is 0 Å². The molecule has 1 aromatic rings. The van der Waals surface area contributed by atoms with E-state index >= 15 is 0 Å². The lowest BCUT2D eigenvalue weighted by molar-refractivity contribution is -0.140. The second-order valence-corrected chi connectivity index (χ2v) is 7.76. The minimum Gasteiger partial charge on any atom is -0.372 e. The zero-order chi connectivity index (χ0) is 19.1. The molecular weight excluding hydrogens is 340 g/mol. The molecule has 2 amide bonds. The van der Waals surface area contributed by atoms with E-state index in [-0.39, 0.29) is 17.4 Å². The number of likely N-dealkylation sites (N-methyl/N-ethyl adjacent to an activating group) is 1. The second-order valence-electron chi connectivity index (χ2n) is 7.76. The van der Waals surface area contributed by atoms with Crippen molar-refractivity contribution in [1.82, 2.24) is 9.80 Å². The zero-order valence-corrected chi connectivity index (χ0v) is 16.5. The molecule has 0 atom stereocenters. The maximum absolute atomic E-state index is 12.5. The molecule has 148 valence electrons. The number of piperidine rings is 1. The number of likely N-dealkylation sites (tertiary alicyclic amines) is 1. The van der Waals surface area contributed by atoms with Gasteiger partial charge < -0.3 is 14.5 Å². The maximum atomic E-state index is 12.5. The molecule has 2 aliphatic heterocycles. The molecule has 5 nitrogen and oxygen atoms in total. The Balaban J connectivity index is 1.41. The maximum Gasteiger partial charge on any atom is 0.224 e. The summed E-state index contributed by atoms with van der Waals surface area (Å²) in [4.78, 5) is 28.5. The minimum absolute atomic E-state index is 0.186. The van der Waals surface area contributed by atoms with Crippen molar-refractivity contribution in [2.75, 3.05) is 32.8 Å². The quantitative estimate of drug-likeness (QED) is 0.721. The Kier molecular flexibility index (Phi) is 6.89. The Labute approximate surface area is 162 Å². The summed E-state index contributed by atoms with van der Waals surface area (Å²) >= 11 is 0. The predicted molar refractivity (Wildman–Crippen MR) is 105 cm³/mol. The van der Waals surface area contributed by atoms with Gasteiger partial charge in [0.1, 0.15) is 0 Å². The number of aryl methyl sites for hydroxylation is 1. The first-order chi connectivity index (χ1) is 13.1. The highest BCUT2D eigenvalue weighted by Gasteiger charge is 2.40. The average molecular weight is 373 g/mol. The second kappa shape index (κ2) is 9.36. The standard InChI is InChI=1S/C22H32N2O3/c1-2-23-18-22(27-17-12-21(23)26)13-15-24(16-14-22)20(25)11-7-6-10-19-8-4-3-5-9-19/h3-5,8-9H,2,6-7,10-18H2,1H3. The van der Waals surface area contributed by atoms with Crippen LogP contribution < -0.4 is 0 Å². The number of unbranched alkanes of at least 4 members (excludes halogenated alkanes) is 1. The van der Waals surface area contributed by atoms with Gasteiger partial charge in [0.15, 0.2) is 0 Å². The number of rotatable bonds is 6. The highest BCUT2D eigenvalue weighted by Crippen LogP contribution is 2.30. The highest BCUT2D eigenvalue weighted by molar-refractivity contribution is 5.77. The zero-order valence-electron chi connectivity index (χ0n) is 16.5. The molecule has 0 unspecified atom stereocenters. The predicted octanol–water partition coefficient (Wildman–Crippen LogP) is 3.03. The Hall–Kier alpha value is -1.88. The van der Waals surface area contributed by atoms with Gasteiger partial charge in [-0.15, -0.1) is 0 Å². The molecular formula is C22H32N2O3. The lowest BCUT2D eigenvalue weighted by Gasteiger charge is -2.42. The summed E-state index contributed by atoms with van der Waals surface area (Å²) in [5.41, 5.74) is 1.08. The average Bonchev–Trinajstić information content (AvgIpc) is 2.85. The van der Waals surface area contributed by atoms with Crippen molar-refractivity contribution in [3.8, 4) is 0 Å². The van der Waals surface area contributed by atoms with Gasteiger partial charge in [-0.3, -0.25) is 9.59 Å². The van der Waals surface area contributed by atoms with E-state index in [2.05, 4.69) is 24.3 Å². The molecule has 5 heteroatoms. The molecule has 1 spiro atoms. The topological polar surface area (TPSA) is 49.9 Å². The van der Waals surface area contributed by atoms with Crippen molar-refractivity contribution in [3.63, 3.8) is 0 Å². The van der Waals surface area contributed by atoms with E-state index in [0.717, 1.165) is 51.7 Å². The van der Waals surface area contributed by atoms with Crippen molar-refractivity contribution < 1.29 is 14.3 Å². The minimum atomic E-state index is -0.258. The van der Waals surface area contributed by atoms with Gasteiger partial charge in [-0.2, -0.15) is 0 Å². The molecule has 0 N–H and O–H groups in total. The van der Waals surface area contributed by atoms with Crippen LogP contribution in [0, 0.1) is 0 Å². The van der Waals surface area contributed by atoms with Crippen LogP contribution in [0.2, 0.25) is 0 Å². The number of carbonyl (C=O) groups is 2. The summed E-state index contributed by atoms with van der Waals surface area (Å²) in [6.45, 7) is 5.40. The molecule has 0 bridgehead atoms. The van der Waals surface area contributed by atoms with E-state index in [4.69, 9.17) is 4.74 Å². The first-order valence-corrected chi connectivity index (χ1v) is 10.4.